The molecule has 100 valence electrons. The van der Waals surface area contributed by atoms with Crippen molar-refractivity contribution in [2.24, 2.45) is 0 Å². The van der Waals surface area contributed by atoms with E-state index < -0.39 is 6.09 Å². The van der Waals surface area contributed by atoms with Gasteiger partial charge in [-0.25, -0.2) is 4.79 Å². The number of H-pyrrole nitrogens is 1. The van der Waals surface area contributed by atoms with Gasteiger partial charge in [-0.05, 0) is 27.2 Å². The van der Waals surface area contributed by atoms with Crippen molar-refractivity contribution in [3.05, 3.63) is 21.6 Å². The molecule has 0 unspecified atom stereocenters. The molecule has 0 radical (unpaired) electrons. The van der Waals surface area contributed by atoms with Crippen molar-refractivity contribution < 1.29 is 9.90 Å². The molecule has 0 saturated carbocycles. The van der Waals surface area contributed by atoms with E-state index in [9.17, 15) is 9.59 Å². The second-order valence-corrected chi connectivity index (χ2v) is 5.64. The van der Waals surface area contributed by atoms with Gasteiger partial charge < -0.3 is 10.0 Å². The molecule has 18 heavy (non-hydrogen) atoms. The molecule has 0 spiro atoms. The third kappa shape index (κ3) is 2.14. The topological polar surface area (TPSA) is 78.3 Å². The summed E-state index contributed by atoms with van der Waals surface area (Å²) in [5, 5.41) is 11.9. The fraction of sp³-hybridized carbons (Fsp3) is 0.667. The van der Waals surface area contributed by atoms with Crippen LogP contribution in [-0.4, -0.2) is 39.0 Å². The third-order valence-corrected chi connectivity index (χ3v) is 3.30. The van der Waals surface area contributed by atoms with Crippen molar-refractivity contribution >= 4 is 6.09 Å². The van der Waals surface area contributed by atoms with Crippen LogP contribution in [0.15, 0.2) is 4.79 Å². The molecule has 0 bridgehead atoms. The Kier molecular flexibility index (Phi) is 2.96. The Hall–Kier alpha value is -1.72. The fourth-order valence-electron chi connectivity index (χ4n) is 2.39. The molecular weight excluding hydrogens is 234 g/mol. The second-order valence-electron chi connectivity index (χ2n) is 5.64. The van der Waals surface area contributed by atoms with Crippen LogP contribution in [0.4, 0.5) is 4.79 Å². The molecule has 1 aliphatic rings. The van der Waals surface area contributed by atoms with Gasteiger partial charge in [0.1, 0.15) is 0 Å². The summed E-state index contributed by atoms with van der Waals surface area (Å²) < 4.78 is 1.87. The number of fused-ring (bicyclic) bond motifs is 1. The Labute approximate surface area is 105 Å². The number of carbonyl (C=O) groups is 1. The van der Waals surface area contributed by atoms with E-state index in [0.29, 0.717) is 25.9 Å². The maximum absolute atomic E-state index is 11.9. The standard InChI is InChI=1S/C12H19N3O3/c1-12(2,3)15-9-5-7-14(11(17)18)6-4-8(9)10(16)13-15/h4-7H2,1-3H3,(H,13,16)(H,17,18). The Balaban J connectivity index is 2.40. The molecular formula is C12H19N3O3. The second kappa shape index (κ2) is 4.19. The number of nitrogens with zero attached hydrogens (tertiary/aromatic N) is 2. The minimum Gasteiger partial charge on any atom is -0.465 e. The normalized spacial score (nSPS) is 16.3. The first-order chi connectivity index (χ1) is 8.30. The highest BCUT2D eigenvalue weighted by atomic mass is 16.4. The van der Waals surface area contributed by atoms with Crippen molar-refractivity contribution in [3.8, 4) is 0 Å². The fourth-order valence-corrected chi connectivity index (χ4v) is 2.39. The van der Waals surface area contributed by atoms with Gasteiger partial charge in [0.25, 0.3) is 5.56 Å². The number of hydrogen-bond acceptors (Lipinski definition) is 2. The molecule has 2 rings (SSSR count). The van der Waals surface area contributed by atoms with Gasteiger partial charge in [0.2, 0.25) is 0 Å². The zero-order chi connectivity index (χ0) is 13.5. The molecule has 0 atom stereocenters. The maximum atomic E-state index is 11.9. The van der Waals surface area contributed by atoms with Gasteiger partial charge in [0.15, 0.2) is 0 Å². The first-order valence-corrected chi connectivity index (χ1v) is 6.12. The molecule has 0 aromatic carbocycles. The molecule has 0 aliphatic carbocycles. The number of hydrogen-bond donors (Lipinski definition) is 2. The van der Waals surface area contributed by atoms with Crippen molar-refractivity contribution in [1.29, 1.82) is 0 Å². The molecule has 0 fully saturated rings. The van der Waals surface area contributed by atoms with E-state index in [0.717, 1.165) is 11.3 Å². The lowest BCUT2D eigenvalue weighted by molar-refractivity contribution is 0.147. The quantitative estimate of drug-likeness (QED) is 0.724. The van der Waals surface area contributed by atoms with Gasteiger partial charge in [0, 0.05) is 30.8 Å². The van der Waals surface area contributed by atoms with Gasteiger partial charge in [-0.3, -0.25) is 14.6 Å². The number of aromatic nitrogens is 2. The summed E-state index contributed by atoms with van der Waals surface area (Å²) in [6, 6.07) is 0. The summed E-state index contributed by atoms with van der Waals surface area (Å²) in [6.07, 6.45) is 0.149. The van der Waals surface area contributed by atoms with Crippen LogP contribution in [0.25, 0.3) is 0 Å². The van der Waals surface area contributed by atoms with Crippen LogP contribution < -0.4 is 5.56 Å². The van der Waals surface area contributed by atoms with E-state index in [-0.39, 0.29) is 11.1 Å². The van der Waals surface area contributed by atoms with Gasteiger partial charge in [-0.15, -0.1) is 0 Å². The molecule has 6 nitrogen and oxygen atoms in total. The predicted molar refractivity (Wildman–Crippen MR) is 67.1 cm³/mol. The van der Waals surface area contributed by atoms with Crippen molar-refractivity contribution in [3.63, 3.8) is 0 Å². The number of carboxylic acid groups (broad SMARTS) is 1. The average Bonchev–Trinajstić information content (AvgIpc) is 2.46. The Morgan fingerprint density at radius 1 is 1.28 bits per heavy atom. The Morgan fingerprint density at radius 3 is 2.44 bits per heavy atom. The zero-order valence-corrected chi connectivity index (χ0v) is 11.0. The van der Waals surface area contributed by atoms with Gasteiger partial charge in [-0.2, -0.15) is 0 Å². The molecule has 0 saturated heterocycles. The summed E-state index contributed by atoms with van der Waals surface area (Å²) in [6.45, 7) is 6.88. The lowest BCUT2D eigenvalue weighted by atomic mass is 10.1. The molecule has 1 aliphatic heterocycles. The van der Waals surface area contributed by atoms with Crippen LogP contribution in [0.2, 0.25) is 0 Å². The molecule has 1 aromatic rings. The van der Waals surface area contributed by atoms with Crippen LogP contribution >= 0.6 is 0 Å². The van der Waals surface area contributed by atoms with E-state index in [4.69, 9.17) is 5.11 Å². The summed E-state index contributed by atoms with van der Waals surface area (Å²) in [7, 11) is 0. The lowest BCUT2D eigenvalue weighted by Crippen LogP contribution is -2.33. The largest absolute Gasteiger partial charge is 0.465 e. The Morgan fingerprint density at radius 2 is 1.89 bits per heavy atom. The molecule has 6 heteroatoms. The highest BCUT2D eigenvalue weighted by Crippen LogP contribution is 2.20. The van der Waals surface area contributed by atoms with Crippen molar-refractivity contribution in [2.75, 3.05) is 13.1 Å². The van der Waals surface area contributed by atoms with Crippen LogP contribution in [-0.2, 0) is 18.4 Å². The summed E-state index contributed by atoms with van der Waals surface area (Å²) in [5.74, 6) is 0. The smallest absolute Gasteiger partial charge is 0.407 e. The molecule has 1 amide bonds. The van der Waals surface area contributed by atoms with Crippen LogP contribution in [0.3, 0.4) is 0 Å². The number of amides is 1. The van der Waals surface area contributed by atoms with Crippen LogP contribution in [0.1, 0.15) is 32.0 Å². The van der Waals surface area contributed by atoms with Crippen LogP contribution in [0.5, 0.6) is 0 Å². The first kappa shape index (κ1) is 12.7. The monoisotopic (exact) mass is 253 g/mol. The first-order valence-electron chi connectivity index (χ1n) is 6.12. The summed E-state index contributed by atoms with van der Waals surface area (Å²) >= 11 is 0. The number of aromatic amines is 1. The minimum atomic E-state index is -0.918. The van der Waals surface area contributed by atoms with Crippen molar-refractivity contribution in [2.45, 2.75) is 39.2 Å². The van der Waals surface area contributed by atoms with E-state index in [1.54, 1.807) is 0 Å². The lowest BCUT2D eigenvalue weighted by Gasteiger charge is -2.24. The maximum Gasteiger partial charge on any atom is 0.407 e. The summed E-state index contributed by atoms with van der Waals surface area (Å²) in [4.78, 5) is 24.3. The SMILES string of the molecule is CC(C)(C)n1[nH]c(=O)c2c1CCN(C(=O)O)CC2. The molecule has 2 heterocycles. The number of nitrogens with one attached hydrogen (secondary N) is 1. The Bertz CT molecular complexity index is 522. The predicted octanol–water partition coefficient (Wildman–Crippen LogP) is 1.01. The summed E-state index contributed by atoms with van der Waals surface area (Å²) in [5.41, 5.74) is 1.38. The third-order valence-electron chi connectivity index (χ3n) is 3.30. The van der Waals surface area contributed by atoms with Gasteiger partial charge >= 0.3 is 6.09 Å². The minimum absolute atomic E-state index is 0.0906. The average molecular weight is 253 g/mol. The van der Waals surface area contributed by atoms with E-state index in [1.165, 1.54) is 4.90 Å². The molecule has 1 aromatic heterocycles. The zero-order valence-electron chi connectivity index (χ0n) is 11.0. The van der Waals surface area contributed by atoms with E-state index >= 15 is 0 Å². The van der Waals surface area contributed by atoms with Gasteiger partial charge in [-0.1, -0.05) is 0 Å². The van der Waals surface area contributed by atoms with Gasteiger partial charge in [0.05, 0.1) is 5.54 Å². The van der Waals surface area contributed by atoms with Crippen LogP contribution in [0, 0.1) is 0 Å². The van der Waals surface area contributed by atoms with E-state index in [1.807, 2.05) is 25.5 Å². The highest BCUT2D eigenvalue weighted by Gasteiger charge is 2.26. The van der Waals surface area contributed by atoms with E-state index in [2.05, 4.69) is 5.10 Å². The number of rotatable bonds is 0. The van der Waals surface area contributed by atoms with Crippen molar-refractivity contribution in [1.82, 2.24) is 14.7 Å². The molecule has 2 N–H and O–H groups in total. The highest BCUT2D eigenvalue weighted by molar-refractivity contribution is 5.65.